The van der Waals surface area contributed by atoms with Crippen LogP contribution < -0.4 is 10.1 Å². The number of aromatic nitrogens is 4. The lowest BCUT2D eigenvalue weighted by Crippen LogP contribution is -2.21. The summed E-state index contributed by atoms with van der Waals surface area (Å²) < 4.78 is 7.31. The molecular weight excluding hydrogens is 412 g/mol. The van der Waals surface area contributed by atoms with Gasteiger partial charge in [0.2, 0.25) is 5.88 Å². The van der Waals surface area contributed by atoms with E-state index in [4.69, 9.17) is 4.74 Å². The molecule has 0 atom stereocenters. The molecule has 2 aromatic heterocycles. The molecule has 0 fully saturated rings. The molecule has 162 valence electrons. The van der Waals surface area contributed by atoms with Crippen molar-refractivity contribution in [3.05, 3.63) is 75.7 Å². The maximum absolute atomic E-state index is 12.4. The van der Waals surface area contributed by atoms with E-state index in [1.54, 1.807) is 23.9 Å². The smallest absolute Gasteiger partial charge is 0.274 e. The quantitative estimate of drug-likeness (QED) is 0.364. The van der Waals surface area contributed by atoms with Crippen LogP contribution in [-0.2, 0) is 4.79 Å². The lowest BCUT2D eigenvalue weighted by Gasteiger charge is -2.10. The Morgan fingerprint density at radius 3 is 2.62 bits per heavy atom. The molecule has 1 N–H and O–H groups in total. The number of ether oxygens (including phenoxy) is 1. The number of carbonyl (C=O) groups is 1. The van der Waals surface area contributed by atoms with Crippen LogP contribution in [0.2, 0.25) is 0 Å². The van der Waals surface area contributed by atoms with E-state index in [2.05, 4.69) is 26.4 Å². The van der Waals surface area contributed by atoms with Crippen LogP contribution in [0, 0.1) is 30.9 Å². The van der Waals surface area contributed by atoms with Crippen LogP contribution in [-0.4, -0.2) is 37.2 Å². The van der Waals surface area contributed by atoms with Gasteiger partial charge in [0.05, 0.1) is 28.1 Å². The summed E-state index contributed by atoms with van der Waals surface area (Å²) in [5.41, 5.74) is 4.26. The second-order valence-corrected chi connectivity index (χ2v) is 7.36. The normalized spacial score (nSPS) is 10.8. The Labute approximate surface area is 183 Å². The number of nitro benzene ring substituents is 1. The third kappa shape index (κ3) is 4.10. The van der Waals surface area contributed by atoms with Gasteiger partial charge in [0, 0.05) is 6.07 Å². The number of carbonyl (C=O) groups excluding carboxylic acids is 1. The molecule has 0 unspecified atom stereocenters. The fourth-order valence-corrected chi connectivity index (χ4v) is 3.48. The average molecular weight is 432 g/mol. The predicted octanol–water partition coefficient (Wildman–Crippen LogP) is 3.67. The van der Waals surface area contributed by atoms with E-state index >= 15 is 0 Å². The van der Waals surface area contributed by atoms with Crippen molar-refractivity contribution in [2.45, 2.75) is 20.8 Å². The van der Waals surface area contributed by atoms with Crippen LogP contribution in [0.1, 0.15) is 16.7 Å². The molecule has 32 heavy (non-hydrogen) atoms. The van der Waals surface area contributed by atoms with E-state index in [1.807, 2.05) is 26.0 Å². The van der Waals surface area contributed by atoms with Crippen LogP contribution in [0.5, 0.6) is 5.88 Å². The van der Waals surface area contributed by atoms with Crippen LogP contribution in [0.15, 0.2) is 48.9 Å². The Morgan fingerprint density at radius 1 is 1.16 bits per heavy atom. The van der Waals surface area contributed by atoms with Gasteiger partial charge in [-0.2, -0.15) is 5.10 Å². The number of nitro groups is 1. The molecule has 0 radical (unpaired) electrons. The van der Waals surface area contributed by atoms with Gasteiger partial charge in [-0.3, -0.25) is 14.9 Å². The SMILES string of the molecule is Cc1cc(C)cc(-n2ncc3c(OCC(=O)Nc4cccc([N+](=O)[O-])c4C)ncnc32)c1. The molecule has 0 spiro atoms. The average Bonchev–Trinajstić information content (AvgIpc) is 3.17. The highest BCUT2D eigenvalue weighted by Gasteiger charge is 2.17. The van der Waals surface area contributed by atoms with Gasteiger partial charge in [-0.15, -0.1) is 0 Å². The molecular formula is C22H20N6O4. The van der Waals surface area contributed by atoms with Crippen molar-refractivity contribution in [1.29, 1.82) is 0 Å². The third-order valence-electron chi connectivity index (χ3n) is 4.90. The Balaban J connectivity index is 1.53. The molecule has 0 saturated heterocycles. The van der Waals surface area contributed by atoms with Crippen molar-refractivity contribution in [2.75, 3.05) is 11.9 Å². The van der Waals surface area contributed by atoms with E-state index in [9.17, 15) is 14.9 Å². The first-order valence-electron chi connectivity index (χ1n) is 9.77. The first-order chi connectivity index (χ1) is 15.3. The maximum atomic E-state index is 12.4. The van der Waals surface area contributed by atoms with Gasteiger partial charge in [-0.05, 0) is 50.1 Å². The van der Waals surface area contributed by atoms with Gasteiger partial charge in [0.15, 0.2) is 12.3 Å². The molecule has 0 aliphatic rings. The van der Waals surface area contributed by atoms with Gasteiger partial charge in [0.25, 0.3) is 11.6 Å². The van der Waals surface area contributed by atoms with Crippen molar-refractivity contribution in [3.8, 4) is 11.6 Å². The molecule has 0 aliphatic heterocycles. The summed E-state index contributed by atoms with van der Waals surface area (Å²) in [4.78, 5) is 31.4. The molecule has 10 nitrogen and oxygen atoms in total. The number of anilines is 1. The summed E-state index contributed by atoms with van der Waals surface area (Å²) >= 11 is 0. The highest BCUT2D eigenvalue weighted by Crippen LogP contribution is 2.26. The van der Waals surface area contributed by atoms with Crippen LogP contribution in [0.3, 0.4) is 0 Å². The monoisotopic (exact) mass is 432 g/mol. The number of hydrogen-bond acceptors (Lipinski definition) is 7. The minimum atomic E-state index is -0.494. The third-order valence-corrected chi connectivity index (χ3v) is 4.90. The Morgan fingerprint density at radius 2 is 1.91 bits per heavy atom. The van der Waals surface area contributed by atoms with E-state index in [-0.39, 0.29) is 18.2 Å². The number of rotatable bonds is 6. The zero-order chi connectivity index (χ0) is 22.8. The van der Waals surface area contributed by atoms with E-state index < -0.39 is 10.8 Å². The predicted molar refractivity (Wildman–Crippen MR) is 118 cm³/mol. The number of nitrogens with one attached hydrogen (secondary N) is 1. The standard InChI is InChI=1S/C22H20N6O4/c1-13-7-14(2)9-16(8-13)27-21-17(10-25-27)22(24-12-23-21)32-11-20(29)26-18-5-4-6-19(15(18)3)28(30)31/h4-10,12H,11H2,1-3H3,(H,26,29). The molecule has 4 aromatic rings. The van der Waals surface area contributed by atoms with Crippen molar-refractivity contribution in [1.82, 2.24) is 19.7 Å². The summed E-state index contributed by atoms with van der Waals surface area (Å²) in [6.45, 7) is 5.26. The first-order valence-corrected chi connectivity index (χ1v) is 9.77. The van der Waals surface area contributed by atoms with Crippen molar-refractivity contribution < 1.29 is 14.5 Å². The number of fused-ring (bicyclic) bond motifs is 1. The minimum Gasteiger partial charge on any atom is -0.467 e. The zero-order valence-electron chi connectivity index (χ0n) is 17.7. The van der Waals surface area contributed by atoms with Crippen molar-refractivity contribution in [2.24, 2.45) is 0 Å². The van der Waals surface area contributed by atoms with Crippen LogP contribution in [0.4, 0.5) is 11.4 Å². The molecule has 10 heteroatoms. The first kappa shape index (κ1) is 20.9. The van der Waals surface area contributed by atoms with E-state index in [0.29, 0.717) is 22.3 Å². The van der Waals surface area contributed by atoms with Crippen LogP contribution >= 0.6 is 0 Å². The molecule has 0 aliphatic carbocycles. The Kier molecular flexibility index (Phi) is 5.50. The van der Waals surface area contributed by atoms with Crippen LogP contribution in [0.25, 0.3) is 16.7 Å². The number of amides is 1. The highest BCUT2D eigenvalue weighted by atomic mass is 16.6. The molecule has 0 bridgehead atoms. The lowest BCUT2D eigenvalue weighted by atomic mass is 10.1. The Hall–Kier alpha value is -4.34. The highest BCUT2D eigenvalue weighted by molar-refractivity contribution is 5.93. The summed E-state index contributed by atoms with van der Waals surface area (Å²) in [6, 6.07) is 10.6. The summed E-state index contributed by atoms with van der Waals surface area (Å²) in [5.74, 6) is -0.251. The largest absolute Gasteiger partial charge is 0.467 e. The number of aryl methyl sites for hydroxylation is 2. The number of benzene rings is 2. The van der Waals surface area contributed by atoms with Gasteiger partial charge < -0.3 is 10.1 Å². The molecule has 4 rings (SSSR count). The Bertz CT molecular complexity index is 1330. The molecule has 1 amide bonds. The molecule has 2 heterocycles. The summed E-state index contributed by atoms with van der Waals surface area (Å²) in [6.07, 6.45) is 2.94. The molecule has 2 aromatic carbocycles. The lowest BCUT2D eigenvalue weighted by molar-refractivity contribution is -0.385. The van der Waals surface area contributed by atoms with Gasteiger partial charge >= 0.3 is 0 Å². The summed E-state index contributed by atoms with van der Waals surface area (Å²) in [7, 11) is 0. The van der Waals surface area contributed by atoms with E-state index in [0.717, 1.165) is 16.8 Å². The van der Waals surface area contributed by atoms with Crippen molar-refractivity contribution in [3.63, 3.8) is 0 Å². The topological polar surface area (TPSA) is 125 Å². The van der Waals surface area contributed by atoms with Gasteiger partial charge in [0.1, 0.15) is 11.7 Å². The fraction of sp³-hybridized carbons (Fsp3) is 0.182. The maximum Gasteiger partial charge on any atom is 0.274 e. The molecule has 0 saturated carbocycles. The number of nitrogens with zero attached hydrogens (tertiary/aromatic N) is 5. The summed E-state index contributed by atoms with van der Waals surface area (Å²) in [5, 5.41) is 18.7. The fourth-order valence-electron chi connectivity index (χ4n) is 3.48. The second kappa shape index (κ2) is 8.42. The second-order valence-electron chi connectivity index (χ2n) is 7.36. The zero-order valence-corrected chi connectivity index (χ0v) is 17.7. The number of hydrogen-bond donors (Lipinski definition) is 1. The van der Waals surface area contributed by atoms with Gasteiger partial charge in [-0.1, -0.05) is 12.1 Å². The van der Waals surface area contributed by atoms with Crippen molar-refractivity contribution >= 4 is 28.3 Å². The van der Waals surface area contributed by atoms with Gasteiger partial charge in [-0.25, -0.2) is 14.6 Å². The van der Waals surface area contributed by atoms with E-state index in [1.165, 1.54) is 18.5 Å². The minimum absolute atomic E-state index is 0.0694.